The van der Waals surface area contributed by atoms with Crippen LogP contribution in [-0.2, 0) is 4.79 Å². The van der Waals surface area contributed by atoms with Gasteiger partial charge >= 0.3 is 0 Å². The summed E-state index contributed by atoms with van der Waals surface area (Å²) in [6.07, 6.45) is 0. The fraction of sp³-hybridized carbons (Fsp3) is 0.300. The van der Waals surface area contributed by atoms with Crippen molar-refractivity contribution in [1.29, 1.82) is 0 Å². The van der Waals surface area contributed by atoms with E-state index in [0.29, 0.717) is 0 Å². The van der Waals surface area contributed by atoms with Crippen molar-refractivity contribution in [2.24, 2.45) is 5.92 Å². The van der Waals surface area contributed by atoms with Gasteiger partial charge in [-0.25, -0.2) is 0 Å². The summed E-state index contributed by atoms with van der Waals surface area (Å²) < 4.78 is 0. The molecule has 0 aliphatic rings. The molecule has 1 aromatic rings. The highest BCUT2D eigenvalue weighted by molar-refractivity contribution is 5.91. The van der Waals surface area contributed by atoms with E-state index in [9.17, 15) is 4.79 Å². The van der Waals surface area contributed by atoms with Gasteiger partial charge in [-0.3, -0.25) is 4.79 Å². The van der Waals surface area contributed by atoms with E-state index in [1.54, 1.807) is 12.1 Å². The van der Waals surface area contributed by atoms with E-state index in [0.717, 1.165) is 5.69 Å². The van der Waals surface area contributed by atoms with Crippen LogP contribution in [0.5, 0.6) is 0 Å². The molecule has 0 aliphatic carbocycles. The molecule has 1 N–H and O–H groups in total. The van der Waals surface area contributed by atoms with Gasteiger partial charge in [-0.2, -0.15) is 0 Å². The summed E-state index contributed by atoms with van der Waals surface area (Å²) >= 11 is 0. The third kappa shape index (κ3) is 2.38. The molecule has 0 fully saturated rings. The number of benzene rings is 1. The molecule has 0 heterocycles. The van der Waals surface area contributed by atoms with E-state index in [-0.39, 0.29) is 11.8 Å². The quantitative estimate of drug-likeness (QED) is 0.708. The lowest BCUT2D eigenvalue weighted by atomic mass is 10.2. The van der Waals surface area contributed by atoms with Gasteiger partial charge in [0.1, 0.15) is 0 Å². The Kier molecular flexibility index (Phi) is 2.86. The maximum Gasteiger partial charge on any atom is 0.226 e. The van der Waals surface area contributed by atoms with Crippen molar-refractivity contribution in [3.63, 3.8) is 0 Å². The first-order valence-corrected chi connectivity index (χ1v) is 3.97. The fourth-order valence-electron chi connectivity index (χ4n) is 0.758. The number of nitrogens with one attached hydrogen (secondary N) is 1. The summed E-state index contributed by atoms with van der Waals surface area (Å²) in [5.41, 5.74) is 0.802. The monoisotopic (exact) mass is 162 g/mol. The van der Waals surface area contributed by atoms with Crippen LogP contribution < -0.4 is 5.32 Å². The number of rotatable bonds is 2. The van der Waals surface area contributed by atoms with E-state index in [2.05, 4.69) is 11.4 Å². The van der Waals surface area contributed by atoms with Crippen molar-refractivity contribution in [1.82, 2.24) is 0 Å². The molecular formula is C10H12NO. The molecule has 0 aliphatic heterocycles. The van der Waals surface area contributed by atoms with Gasteiger partial charge in [0.25, 0.3) is 0 Å². The largest absolute Gasteiger partial charge is 0.326 e. The normalized spacial score (nSPS) is 9.92. The molecule has 1 amide bonds. The Morgan fingerprint density at radius 2 is 2.33 bits per heavy atom. The van der Waals surface area contributed by atoms with E-state index < -0.39 is 0 Å². The molecule has 1 rings (SSSR count). The lowest BCUT2D eigenvalue weighted by Crippen LogP contribution is -2.17. The summed E-state index contributed by atoms with van der Waals surface area (Å²) in [6, 6.07) is 10.1. The van der Waals surface area contributed by atoms with E-state index >= 15 is 0 Å². The molecule has 0 saturated carbocycles. The average molecular weight is 162 g/mol. The Hall–Kier alpha value is -1.31. The van der Waals surface area contributed by atoms with Crippen LogP contribution >= 0.6 is 0 Å². The summed E-state index contributed by atoms with van der Waals surface area (Å²) in [6.45, 7) is 3.73. The topological polar surface area (TPSA) is 29.1 Å². The number of hydrogen-bond acceptors (Lipinski definition) is 1. The Labute approximate surface area is 72.6 Å². The van der Waals surface area contributed by atoms with Gasteiger partial charge in [0, 0.05) is 11.6 Å². The number of carbonyl (C=O) groups is 1. The third-order valence-corrected chi connectivity index (χ3v) is 1.50. The van der Waals surface area contributed by atoms with Crippen LogP contribution in [0.2, 0.25) is 0 Å². The highest BCUT2D eigenvalue weighted by Crippen LogP contribution is 2.06. The molecule has 63 valence electrons. The standard InChI is InChI=1S/C10H12NO/c1-8(2)10(12)11-9-6-4-3-5-7-9/h3-4,6-8H,1-2H3,(H,11,12). The van der Waals surface area contributed by atoms with Crippen LogP contribution in [0.4, 0.5) is 5.69 Å². The first-order valence-electron chi connectivity index (χ1n) is 3.97. The third-order valence-electron chi connectivity index (χ3n) is 1.50. The van der Waals surface area contributed by atoms with E-state index in [1.165, 1.54) is 0 Å². The average Bonchev–Trinajstić information content (AvgIpc) is 2.06. The molecule has 0 spiro atoms. The Morgan fingerprint density at radius 1 is 1.58 bits per heavy atom. The molecule has 0 atom stereocenters. The van der Waals surface area contributed by atoms with Crippen molar-refractivity contribution < 1.29 is 4.79 Å². The molecule has 0 unspecified atom stereocenters. The van der Waals surface area contributed by atoms with Crippen molar-refractivity contribution in [3.8, 4) is 0 Å². The zero-order valence-electron chi connectivity index (χ0n) is 7.29. The molecule has 12 heavy (non-hydrogen) atoms. The first kappa shape index (κ1) is 8.78. The van der Waals surface area contributed by atoms with Gasteiger partial charge < -0.3 is 5.32 Å². The predicted molar refractivity (Wildman–Crippen MR) is 48.7 cm³/mol. The molecule has 2 nitrogen and oxygen atoms in total. The van der Waals surface area contributed by atoms with Crippen LogP contribution in [-0.4, -0.2) is 5.91 Å². The van der Waals surface area contributed by atoms with Gasteiger partial charge in [-0.1, -0.05) is 26.0 Å². The van der Waals surface area contributed by atoms with Crippen LogP contribution in [0.15, 0.2) is 24.3 Å². The Morgan fingerprint density at radius 3 is 2.83 bits per heavy atom. The molecule has 0 aromatic heterocycles. The maximum absolute atomic E-state index is 11.2. The minimum Gasteiger partial charge on any atom is -0.326 e. The smallest absolute Gasteiger partial charge is 0.226 e. The lowest BCUT2D eigenvalue weighted by molar-refractivity contribution is -0.118. The second kappa shape index (κ2) is 3.90. The minimum atomic E-state index is 0.0187. The summed E-state index contributed by atoms with van der Waals surface area (Å²) in [5, 5.41) is 2.77. The van der Waals surface area contributed by atoms with Gasteiger partial charge in [-0.15, -0.1) is 0 Å². The van der Waals surface area contributed by atoms with Gasteiger partial charge in [0.15, 0.2) is 0 Å². The molecule has 0 saturated heterocycles. The maximum atomic E-state index is 11.2. The molecular weight excluding hydrogens is 150 g/mol. The highest BCUT2D eigenvalue weighted by Gasteiger charge is 2.05. The van der Waals surface area contributed by atoms with E-state index in [1.807, 2.05) is 26.0 Å². The Bertz CT molecular complexity index is 254. The summed E-state index contributed by atoms with van der Waals surface area (Å²) in [5.74, 6) is 0.0554. The highest BCUT2D eigenvalue weighted by atomic mass is 16.1. The van der Waals surface area contributed by atoms with Gasteiger partial charge in [0.2, 0.25) is 5.91 Å². The van der Waals surface area contributed by atoms with E-state index in [4.69, 9.17) is 0 Å². The van der Waals surface area contributed by atoms with Crippen LogP contribution in [0.1, 0.15) is 13.8 Å². The molecule has 1 radical (unpaired) electrons. The van der Waals surface area contributed by atoms with Gasteiger partial charge in [0.05, 0.1) is 0 Å². The summed E-state index contributed by atoms with van der Waals surface area (Å²) in [7, 11) is 0. The van der Waals surface area contributed by atoms with Gasteiger partial charge in [-0.05, 0) is 18.2 Å². The molecule has 0 bridgehead atoms. The van der Waals surface area contributed by atoms with Crippen molar-refractivity contribution in [2.45, 2.75) is 13.8 Å². The number of carbonyl (C=O) groups excluding carboxylic acids is 1. The second-order valence-electron chi connectivity index (χ2n) is 2.94. The Balaban J connectivity index is 2.59. The zero-order chi connectivity index (χ0) is 8.97. The predicted octanol–water partition coefficient (Wildman–Crippen LogP) is 2.08. The van der Waals surface area contributed by atoms with Crippen LogP contribution in [0.25, 0.3) is 0 Å². The van der Waals surface area contributed by atoms with Crippen molar-refractivity contribution >= 4 is 11.6 Å². The van der Waals surface area contributed by atoms with Crippen molar-refractivity contribution in [3.05, 3.63) is 30.3 Å². The fourth-order valence-corrected chi connectivity index (χ4v) is 0.758. The molecule has 1 aromatic carbocycles. The SMILES string of the molecule is CC(C)C(=O)Nc1c[c]ccc1. The number of anilines is 1. The van der Waals surface area contributed by atoms with Crippen molar-refractivity contribution in [2.75, 3.05) is 5.32 Å². The molecule has 2 heteroatoms. The zero-order valence-corrected chi connectivity index (χ0v) is 7.29. The minimum absolute atomic E-state index is 0.0187. The number of amides is 1. The summed E-state index contributed by atoms with van der Waals surface area (Å²) in [4.78, 5) is 11.2. The first-order chi connectivity index (χ1) is 5.70. The van der Waals surface area contributed by atoms with Crippen LogP contribution in [0, 0.1) is 12.0 Å². The van der Waals surface area contributed by atoms with Crippen LogP contribution in [0.3, 0.4) is 0 Å². The lowest BCUT2D eigenvalue weighted by Gasteiger charge is -2.06. The second-order valence-corrected chi connectivity index (χ2v) is 2.94. The number of hydrogen-bond donors (Lipinski definition) is 1.